The van der Waals surface area contributed by atoms with Gasteiger partial charge >= 0.3 is 0 Å². The third-order valence-corrected chi connectivity index (χ3v) is 7.09. The second-order valence-electron chi connectivity index (χ2n) is 8.74. The number of carbonyl (C=O) groups excluding carboxylic acids is 1. The zero-order valence-electron chi connectivity index (χ0n) is 18.5. The molecule has 1 saturated carbocycles. The van der Waals surface area contributed by atoms with Gasteiger partial charge in [-0.1, -0.05) is 6.07 Å². The predicted molar refractivity (Wildman–Crippen MR) is 121 cm³/mol. The molecule has 1 aliphatic heterocycles. The van der Waals surface area contributed by atoms with Crippen LogP contribution in [0.2, 0.25) is 0 Å². The number of anilines is 3. The summed E-state index contributed by atoms with van der Waals surface area (Å²) in [6.07, 6.45) is 2.20. The second-order valence-corrected chi connectivity index (χ2v) is 10.7. The fourth-order valence-corrected chi connectivity index (χ4v) is 4.98. The molecule has 3 heterocycles. The van der Waals surface area contributed by atoms with E-state index in [1.165, 1.54) is 6.07 Å². The van der Waals surface area contributed by atoms with E-state index in [1.54, 1.807) is 19.1 Å². The van der Waals surface area contributed by atoms with Gasteiger partial charge in [-0.2, -0.15) is 0 Å². The average molecular weight is 492 g/mol. The molecule has 1 amide bonds. The molecule has 2 unspecified atom stereocenters. The minimum atomic E-state index is -3.61. The highest BCUT2D eigenvalue weighted by atomic mass is 32.2. The monoisotopic (exact) mass is 491 g/mol. The average Bonchev–Trinajstić information content (AvgIpc) is 3.12. The Hall–Kier alpha value is -3.12. The molecule has 2 aliphatic rings. The second kappa shape index (κ2) is 7.98. The van der Waals surface area contributed by atoms with Crippen LogP contribution in [-0.2, 0) is 19.4 Å². The van der Waals surface area contributed by atoms with Gasteiger partial charge in [-0.25, -0.2) is 27.2 Å². The highest BCUT2D eigenvalue weighted by Crippen LogP contribution is 2.49. The van der Waals surface area contributed by atoms with Gasteiger partial charge in [0.25, 0.3) is 5.92 Å². The fourth-order valence-electron chi connectivity index (χ4n) is 4.11. The Bertz CT molecular complexity index is 1400. The Morgan fingerprint density at radius 1 is 1.24 bits per heavy atom. The van der Waals surface area contributed by atoms with E-state index in [1.807, 2.05) is 6.07 Å². The molecule has 34 heavy (non-hydrogen) atoms. The lowest BCUT2D eigenvalue weighted by Crippen LogP contribution is -2.18. The number of nitrogens with one attached hydrogen (secondary N) is 3. The molecule has 3 N–H and O–H groups in total. The van der Waals surface area contributed by atoms with Gasteiger partial charge in [0.15, 0.2) is 15.5 Å². The largest absolute Gasteiger partial charge is 0.374 e. The van der Waals surface area contributed by atoms with Gasteiger partial charge in [0.05, 0.1) is 22.4 Å². The number of nitrogens with zero attached hydrogens (tertiary/aromatic N) is 2. The first-order valence-corrected chi connectivity index (χ1v) is 12.7. The summed E-state index contributed by atoms with van der Waals surface area (Å²) in [6.45, 7) is 2.35. The molecule has 2 aromatic heterocycles. The molecule has 0 spiro atoms. The van der Waals surface area contributed by atoms with Crippen molar-refractivity contribution < 1.29 is 26.7 Å². The zero-order chi connectivity index (χ0) is 24.3. The smallest absolute Gasteiger partial charge is 0.260 e. The number of amides is 1. The molecule has 2 fully saturated rings. The number of sulfone groups is 1. The number of imidazole rings is 1. The predicted octanol–water partition coefficient (Wildman–Crippen LogP) is 3.86. The van der Waals surface area contributed by atoms with Crippen molar-refractivity contribution in [2.45, 2.75) is 43.1 Å². The number of aromatic nitrogens is 3. The van der Waals surface area contributed by atoms with Crippen LogP contribution < -0.4 is 10.6 Å². The van der Waals surface area contributed by atoms with Gasteiger partial charge in [0.1, 0.15) is 23.1 Å². The molecule has 1 aromatic carbocycles. The van der Waals surface area contributed by atoms with E-state index < -0.39 is 34.0 Å². The van der Waals surface area contributed by atoms with Gasteiger partial charge in [0.2, 0.25) is 5.91 Å². The van der Waals surface area contributed by atoms with Gasteiger partial charge in [-0.15, -0.1) is 0 Å². The number of hydrogen-bond acceptors (Lipinski definition) is 7. The van der Waals surface area contributed by atoms with Crippen LogP contribution >= 0.6 is 0 Å². The summed E-state index contributed by atoms with van der Waals surface area (Å²) in [5.74, 6) is -4.64. The number of ether oxygens (including phenoxy) is 1. The number of carbonyl (C=O) groups is 1. The number of halogens is 2. The molecular formula is C22H23F2N5O4S. The molecule has 1 aliphatic carbocycles. The van der Waals surface area contributed by atoms with Gasteiger partial charge in [0, 0.05) is 25.3 Å². The first-order chi connectivity index (χ1) is 16.0. The van der Waals surface area contributed by atoms with Crippen LogP contribution in [0.25, 0.3) is 11.2 Å². The van der Waals surface area contributed by atoms with E-state index in [4.69, 9.17) is 4.74 Å². The van der Waals surface area contributed by atoms with Gasteiger partial charge in [-0.05, 0) is 37.5 Å². The molecule has 5 rings (SSSR count). The summed E-state index contributed by atoms with van der Waals surface area (Å²) in [6, 6.07) is 6.52. The molecular weight excluding hydrogens is 468 g/mol. The van der Waals surface area contributed by atoms with Crippen molar-refractivity contribution in [3.05, 3.63) is 35.7 Å². The molecule has 12 heteroatoms. The van der Waals surface area contributed by atoms with Crippen molar-refractivity contribution >= 4 is 44.1 Å². The number of aryl methyl sites for hydroxylation is 1. The van der Waals surface area contributed by atoms with Crippen LogP contribution in [0.4, 0.5) is 26.0 Å². The van der Waals surface area contributed by atoms with Crippen molar-refractivity contribution in [1.29, 1.82) is 0 Å². The van der Waals surface area contributed by atoms with Gasteiger partial charge in [-0.3, -0.25) is 4.79 Å². The van der Waals surface area contributed by atoms with Crippen molar-refractivity contribution in [1.82, 2.24) is 15.0 Å². The van der Waals surface area contributed by atoms with Crippen molar-refractivity contribution in [2.24, 2.45) is 5.92 Å². The summed E-state index contributed by atoms with van der Waals surface area (Å²) >= 11 is 0. The van der Waals surface area contributed by atoms with E-state index in [-0.39, 0.29) is 22.5 Å². The Balaban J connectivity index is 1.52. The number of fused-ring (bicyclic) bond motifs is 1. The van der Waals surface area contributed by atoms with E-state index in [2.05, 4.69) is 25.6 Å². The zero-order valence-corrected chi connectivity index (χ0v) is 19.3. The third kappa shape index (κ3) is 4.34. The van der Waals surface area contributed by atoms with E-state index in [0.29, 0.717) is 29.3 Å². The maximum absolute atomic E-state index is 13.3. The highest BCUT2D eigenvalue weighted by molar-refractivity contribution is 7.90. The summed E-state index contributed by atoms with van der Waals surface area (Å²) in [5.41, 5.74) is 2.21. The molecule has 180 valence electrons. The van der Waals surface area contributed by atoms with Crippen molar-refractivity contribution in [3.63, 3.8) is 0 Å². The summed E-state index contributed by atoms with van der Waals surface area (Å²) < 4.78 is 57.5. The molecule has 1 saturated heterocycles. The minimum absolute atomic E-state index is 0.0334. The number of hydrogen-bond donors (Lipinski definition) is 3. The topological polar surface area (TPSA) is 126 Å². The number of aromatic amines is 1. The number of H-pyrrole nitrogens is 1. The maximum Gasteiger partial charge on any atom is 0.260 e. The van der Waals surface area contributed by atoms with Crippen molar-refractivity contribution in [2.75, 3.05) is 23.5 Å². The Labute approximate surface area is 194 Å². The summed E-state index contributed by atoms with van der Waals surface area (Å²) in [5, 5.41) is 5.52. The number of alkyl halides is 2. The highest BCUT2D eigenvalue weighted by Gasteiger charge is 2.61. The standard InChI is InChI=1S/C22H23F2N5O4S/c1-11-25-19-15(9-18(28-20(19)26-11)29-21(30)13-10-22(13,23)24)27-14-6-5-12(16-4-3-7-33-16)8-17(14)34(2,31)32/h5-6,8-9,13,16H,3-4,7,10H2,1-2H3,(H3,25,26,27,28,29,30). The normalized spacial score (nSPS) is 21.5. The Morgan fingerprint density at radius 3 is 2.65 bits per heavy atom. The lowest BCUT2D eigenvalue weighted by molar-refractivity contribution is -0.119. The van der Waals surface area contributed by atoms with Crippen LogP contribution in [0.1, 0.15) is 36.8 Å². The number of pyridine rings is 1. The third-order valence-electron chi connectivity index (χ3n) is 5.95. The van der Waals surface area contributed by atoms with Crippen LogP contribution in [0.5, 0.6) is 0 Å². The molecule has 0 bridgehead atoms. The van der Waals surface area contributed by atoms with Gasteiger partial charge < -0.3 is 20.4 Å². The fraction of sp³-hybridized carbons (Fsp3) is 0.409. The lowest BCUT2D eigenvalue weighted by Gasteiger charge is -2.16. The van der Waals surface area contributed by atoms with E-state index >= 15 is 0 Å². The Morgan fingerprint density at radius 2 is 2.00 bits per heavy atom. The molecule has 9 nitrogen and oxygen atoms in total. The Kier molecular flexibility index (Phi) is 5.32. The van der Waals surface area contributed by atoms with E-state index in [9.17, 15) is 22.0 Å². The lowest BCUT2D eigenvalue weighted by atomic mass is 10.1. The van der Waals surface area contributed by atoms with Crippen LogP contribution in [0, 0.1) is 12.8 Å². The molecule has 0 radical (unpaired) electrons. The van der Waals surface area contributed by atoms with Crippen LogP contribution in [0.15, 0.2) is 29.2 Å². The quantitative estimate of drug-likeness (QED) is 0.478. The summed E-state index contributed by atoms with van der Waals surface area (Å²) in [7, 11) is -3.61. The molecule has 2 atom stereocenters. The van der Waals surface area contributed by atoms with Crippen LogP contribution in [0.3, 0.4) is 0 Å². The number of benzene rings is 1. The first-order valence-electron chi connectivity index (χ1n) is 10.8. The number of rotatable bonds is 6. The summed E-state index contributed by atoms with van der Waals surface area (Å²) in [4.78, 5) is 23.8. The SMILES string of the molecule is Cc1nc2nc(NC(=O)C3CC3(F)F)cc(Nc3ccc(C4CCCO4)cc3S(C)(=O)=O)c2[nH]1. The molecule has 3 aromatic rings. The van der Waals surface area contributed by atoms with Crippen molar-refractivity contribution in [3.8, 4) is 0 Å². The van der Waals surface area contributed by atoms with E-state index in [0.717, 1.165) is 24.7 Å². The minimum Gasteiger partial charge on any atom is -0.374 e. The maximum atomic E-state index is 13.3. The van der Waals surface area contributed by atoms with Crippen LogP contribution in [-0.4, -0.2) is 48.1 Å². The first kappa shape index (κ1) is 22.7.